The summed E-state index contributed by atoms with van der Waals surface area (Å²) in [6, 6.07) is 5.24. The Bertz CT molecular complexity index is 341. The van der Waals surface area contributed by atoms with E-state index in [0.717, 1.165) is 10.9 Å². The summed E-state index contributed by atoms with van der Waals surface area (Å²) in [6.07, 6.45) is 0. The van der Waals surface area contributed by atoms with Gasteiger partial charge in [-0.2, -0.15) is 0 Å². The molecular weight excluding hydrogens is 265 g/mol. The van der Waals surface area contributed by atoms with Gasteiger partial charge >= 0.3 is 0 Å². The molecule has 0 aliphatic rings. The zero-order valence-electron chi connectivity index (χ0n) is 7.81. The second-order valence-corrected chi connectivity index (χ2v) is 4.11. The van der Waals surface area contributed by atoms with Crippen LogP contribution < -0.4 is 5.32 Å². The van der Waals surface area contributed by atoms with Crippen molar-refractivity contribution in [1.29, 1.82) is 0 Å². The Morgan fingerprint density at radius 2 is 2.29 bits per heavy atom. The lowest BCUT2D eigenvalue weighted by atomic mass is 10.1. The van der Waals surface area contributed by atoms with Gasteiger partial charge in [0.1, 0.15) is 0 Å². The maximum absolute atomic E-state index is 11.5. The minimum atomic E-state index is -0.0655. The molecule has 14 heavy (non-hydrogen) atoms. The average molecular weight is 277 g/mol. The molecule has 0 heterocycles. The van der Waals surface area contributed by atoms with Crippen LogP contribution in [0.3, 0.4) is 0 Å². The molecule has 0 bridgehead atoms. The van der Waals surface area contributed by atoms with Crippen LogP contribution in [-0.4, -0.2) is 17.8 Å². The van der Waals surface area contributed by atoms with E-state index in [2.05, 4.69) is 21.2 Å². The normalized spacial score (nSPS) is 9.93. The van der Waals surface area contributed by atoms with Crippen LogP contribution in [0.2, 0.25) is 5.02 Å². The Kier molecular flexibility index (Phi) is 4.42. The van der Waals surface area contributed by atoms with E-state index in [1.54, 1.807) is 18.2 Å². The number of hydrogen-bond donors (Lipinski definition) is 1. The predicted octanol–water partition coefficient (Wildman–Crippen LogP) is 2.77. The van der Waals surface area contributed by atoms with Gasteiger partial charge in [-0.25, -0.2) is 0 Å². The molecule has 0 unspecified atom stereocenters. The number of alkyl halides is 1. The molecule has 0 spiro atoms. The fourth-order valence-electron chi connectivity index (χ4n) is 1.05. The van der Waals surface area contributed by atoms with Crippen molar-refractivity contribution in [3.8, 4) is 0 Å². The molecule has 0 fully saturated rings. The summed E-state index contributed by atoms with van der Waals surface area (Å²) in [4.78, 5) is 11.5. The van der Waals surface area contributed by atoms with Gasteiger partial charge in [-0.3, -0.25) is 4.79 Å². The highest BCUT2D eigenvalue weighted by Crippen LogP contribution is 2.15. The standard InChI is InChI=1S/C10H11BrClNO/c1-7-6-8(2-3-9(7)12)10(14)13-5-4-11/h2-3,6H,4-5H2,1H3,(H,13,14). The maximum atomic E-state index is 11.5. The fraction of sp³-hybridized carbons (Fsp3) is 0.300. The molecule has 4 heteroatoms. The van der Waals surface area contributed by atoms with Crippen LogP contribution in [0.15, 0.2) is 18.2 Å². The molecule has 0 aromatic heterocycles. The highest BCUT2D eigenvalue weighted by atomic mass is 79.9. The second-order valence-electron chi connectivity index (χ2n) is 2.91. The second kappa shape index (κ2) is 5.37. The number of carbonyl (C=O) groups excluding carboxylic acids is 1. The Hall–Kier alpha value is -0.540. The van der Waals surface area contributed by atoms with Gasteiger partial charge < -0.3 is 5.32 Å². The van der Waals surface area contributed by atoms with E-state index in [1.807, 2.05) is 6.92 Å². The minimum Gasteiger partial charge on any atom is -0.351 e. The van der Waals surface area contributed by atoms with Crippen LogP contribution in [0.4, 0.5) is 0 Å². The highest BCUT2D eigenvalue weighted by Gasteiger charge is 2.05. The lowest BCUT2D eigenvalue weighted by Crippen LogP contribution is -2.25. The maximum Gasteiger partial charge on any atom is 0.251 e. The molecule has 2 nitrogen and oxygen atoms in total. The van der Waals surface area contributed by atoms with Crippen molar-refractivity contribution in [3.63, 3.8) is 0 Å². The van der Waals surface area contributed by atoms with Crippen molar-refractivity contribution in [1.82, 2.24) is 5.32 Å². The summed E-state index contributed by atoms with van der Waals surface area (Å²) in [6.45, 7) is 2.50. The van der Waals surface area contributed by atoms with Crippen molar-refractivity contribution in [2.75, 3.05) is 11.9 Å². The Balaban J connectivity index is 2.76. The van der Waals surface area contributed by atoms with E-state index in [9.17, 15) is 4.79 Å². The average Bonchev–Trinajstić information content (AvgIpc) is 2.18. The largest absolute Gasteiger partial charge is 0.351 e. The smallest absolute Gasteiger partial charge is 0.251 e. The summed E-state index contributed by atoms with van der Waals surface area (Å²) < 4.78 is 0. The van der Waals surface area contributed by atoms with E-state index in [0.29, 0.717) is 17.1 Å². The first kappa shape index (κ1) is 11.5. The van der Waals surface area contributed by atoms with Gasteiger partial charge in [-0.1, -0.05) is 27.5 Å². The van der Waals surface area contributed by atoms with Crippen LogP contribution >= 0.6 is 27.5 Å². The molecule has 0 radical (unpaired) electrons. The first-order valence-electron chi connectivity index (χ1n) is 4.25. The third-order valence-electron chi connectivity index (χ3n) is 1.80. The van der Waals surface area contributed by atoms with Crippen molar-refractivity contribution in [2.45, 2.75) is 6.92 Å². The molecule has 0 atom stereocenters. The van der Waals surface area contributed by atoms with Gasteiger partial charge in [-0.05, 0) is 30.7 Å². The Morgan fingerprint density at radius 3 is 2.86 bits per heavy atom. The highest BCUT2D eigenvalue weighted by molar-refractivity contribution is 9.09. The van der Waals surface area contributed by atoms with E-state index in [-0.39, 0.29) is 5.91 Å². The number of carbonyl (C=O) groups is 1. The summed E-state index contributed by atoms with van der Waals surface area (Å²) in [5, 5.41) is 4.20. The minimum absolute atomic E-state index is 0.0655. The topological polar surface area (TPSA) is 29.1 Å². The number of benzene rings is 1. The van der Waals surface area contributed by atoms with E-state index in [4.69, 9.17) is 11.6 Å². The zero-order chi connectivity index (χ0) is 10.6. The fourth-order valence-corrected chi connectivity index (χ4v) is 1.36. The number of hydrogen-bond acceptors (Lipinski definition) is 1. The van der Waals surface area contributed by atoms with Crippen molar-refractivity contribution >= 4 is 33.4 Å². The third-order valence-corrected chi connectivity index (χ3v) is 2.62. The van der Waals surface area contributed by atoms with Crippen LogP contribution in [-0.2, 0) is 0 Å². The van der Waals surface area contributed by atoms with Crippen molar-refractivity contribution in [3.05, 3.63) is 34.3 Å². The quantitative estimate of drug-likeness (QED) is 0.845. The predicted molar refractivity (Wildman–Crippen MR) is 62.3 cm³/mol. The van der Waals surface area contributed by atoms with Gasteiger partial charge in [0.15, 0.2) is 0 Å². The summed E-state index contributed by atoms with van der Waals surface area (Å²) in [5.74, 6) is -0.0655. The number of aryl methyl sites for hydroxylation is 1. The molecule has 1 amide bonds. The summed E-state index contributed by atoms with van der Waals surface area (Å²) in [7, 11) is 0. The Morgan fingerprint density at radius 1 is 1.57 bits per heavy atom. The SMILES string of the molecule is Cc1cc(C(=O)NCCBr)ccc1Cl. The number of amides is 1. The van der Waals surface area contributed by atoms with Crippen molar-refractivity contribution in [2.24, 2.45) is 0 Å². The molecule has 1 rings (SSSR count). The number of rotatable bonds is 3. The molecule has 0 aliphatic carbocycles. The zero-order valence-corrected chi connectivity index (χ0v) is 10.2. The van der Waals surface area contributed by atoms with Gasteiger partial charge in [0, 0.05) is 22.5 Å². The first-order valence-corrected chi connectivity index (χ1v) is 5.75. The Labute approximate surface area is 96.8 Å². The first-order chi connectivity index (χ1) is 6.65. The number of nitrogens with one attached hydrogen (secondary N) is 1. The lowest BCUT2D eigenvalue weighted by Gasteiger charge is -2.04. The monoisotopic (exact) mass is 275 g/mol. The molecule has 0 aliphatic heterocycles. The van der Waals surface area contributed by atoms with Crippen molar-refractivity contribution < 1.29 is 4.79 Å². The van der Waals surface area contributed by atoms with Gasteiger partial charge in [-0.15, -0.1) is 0 Å². The van der Waals surface area contributed by atoms with Gasteiger partial charge in [0.25, 0.3) is 5.91 Å². The molecule has 1 aromatic carbocycles. The van der Waals surface area contributed by atoms with Crippen LogP contribution in [0.5, 0.6) is 0 Å². The molecule has 0 saturated heterocycles. The van der Waals surface area contributed by atoms with E-state index < -0.39 is 0 Å². The summed E-state index contributed by atoms with van der Waals surface area (Å²) in [5.41, 5.74) is 1.56. The summed E-state index contributed by atoms with van der Waals surface area (Å²) >= 11 is 9.09. The molecule has 76 valence electrons. The molecular formula is C10H11BrClNO. The van der Waals surface area contributed by atoms with Crippen LogP contribution in [0.25, 0.3) is 0 Å². The van der Waals surface area contributed by atoms with Gasteiger partial charge in [0.2, 0.25) is 0 Å². The van der Waals surface area contributed by atoms with Gasteiger partial charge in [0.05, 0.1) is 0 Å². The van der Waals surface area contributed by atoms with Crippen LogP contribution in [0.1, 0.15) is 15.9 Å². The number of halogens is 2. The van der Waals surface area contributed by atoms with E-state index >= 15 is 0 Å². The van der Waals surface area contributed by atoms with Crippen LogP contribution in [0, 0.1) is 6.92 Å². The van der Waals surface area contributed by atoms with E-state index in [1.165, 1.54) is 0 Å². The lowest BCUT2D eigenvalue weighted by molar-refractivity contribution is 0.0956. The molecule has 1 aromatic rings. The molecule has 0 saturated carbocycles. The third kappa shape index (κ3) is 3.00. The molecule has 1 N–H and O–H groups in total.